The third-order valence-corrected chi connectivity index (χ3v) is 8.44. The molecule has 0 bridgehead atoms. The Balaban J connectivity index is 1.25. The standard InChI is InChI=1S/C32H41N5O4S/c1-4-41-31(40)18-17-30(39)36-20-19-35(23-25(36)3)29(38)16-10-11-21-42-32-34-33-28(22-26-13-6-5-7-14-26)37(32)27-15-9-8-12-24(27)2/h5-9,12-15,25H,4,10-11,16-23H2,1-3H3. The molecule has 42 heavy (non-hydrogen) atoms. The van der Waals surface area contributed by atoms with Crippen LogP contribution >= 0.6 is 11.8 Å². The molecule has 0 saturated carbocycles. The Kier molecular flexibility index (Phi) is 11.6. The normalized spacial score (nSPS) is 15.1. The molecule has 1 fully saturated rings. The maximum absolute atomic E-state index is 12.9. The van der Waals surface area contributed by atoms with Gasteiger partial charge in [0.1, 0.15) is 5.82 Å². The largest absolute Gasteiger partial charge is 0.466 e. The average Bonchev–Trinajstić information content (AvgIpc) is 3.38. The van der Waals surface area contributed by atoms with Crippen molar-refractivity contribution in [3.8, 4) is 5.69 Å². The molecule has 1 aliphatic rings. The first-order chi connectivity index (χ1) is 20.4. The Morgan fingerprint density at radius 1 is 0.929 bits per heavy atom. The highest BCUT2D eigenvalue weighted by Crippen LogP contribution is 2.26. The highest BCUT2D eigenvalue weighted by Gasteiger charge is 2.29. The minimum absolute atomic E-state index is 0.0647. The highest BCUT2D eigenvalue weighted by molar-refractivity contribution is 7.99. The minimum atomic E-state index is -0.353. The number of hydrogen-bond donors (Lipinski definition) is 0. The lowest BCUT2D eigenvalue weighted by molar-refractivity contribution is -0.147. The SMILES string of the molecule is CCOC(=O)CCC(=O)N1CCN(C(=O)CCCCSc2nnc(Cc3ccccc3)n2-c2ccccc2C)CC1C. The maximum Gasteiger partial charge on any atom is 0.306 e. The number of amides is 2. The first-order valence-electron chi connectivity index (χ1n) is 14.8. The average molecular weight is 592 g/mol. The Morgan fingerprint density at radius 2 is 1.69 bits per heavy atom. The zero-order valence-electron chi connectivity index (χ0n) is 24.8. The minimum Gasteiger partial charge on any atom is -0.466 e. The summed E-state index contributed by atoms with van der Waals surface area (Å²) in [6, 6.07) is 18.5. The number of nitrogens with zero attached hydrogens (tertiary/aromatic N) is 5. The van der Waals surface area contributed by atoms with Gasteiger partial charge >= 0.3 is 5.97 Å². The molecule has 2 aromatic carbocycles. The van der Waals surface area contributed by atoms with Gasteiger partial charge in [-0.25, -0.2) is 0 Å². The number of aromatic nitrogens is 3. The number of para-hydroxylation sites is 1. The van der Waals surface area contributed by atoms with Gasteiger partial charge in [0, 0.05) is 50.7 Å². The topological polar surface area (TPSA) is 97.6 Å². The van der Waals surface area contributed by atoms with Gasteiger partial charge in [0.2, 0.25) is 11.8 Å². The van der Waals surface area contributed by atoms with Gasteiger partial charge in [-0.3, -0.25) is 19.0 Å². The molecule has 224 valence electrons. The molecule has 1 atom stereocenters. The lowest BCUT2D eigenvalue weighted by atomic mass is 10.1. The molecule has 1 aromatic heterocycles. The van der Waals surface area contributed by atoms with Crippen molar-refractivity contribution in [1.29, 1.82) is 0 Å². The van der Waals surface area contributed by atoms with Crippen LogP contribution in [0.1, 0.15) is 62.9 Å². The van der Waals surface area contributed by atoms with Crippen molar-refractivity contribution in [2.75, 3.05) is 32.0 Å². The number of esters is 1. The Morgan fingerprint density at radius 3 is 2.43 bits per heavy atom. The highest BCUT2D eigenvalue weighted by atomic mass is 32.2. The van der Waals surface area contributed by atoms with Crippen LogP contribution in [0.25, 0.3) is 5.69 Å². The molecule has 4 rings (SSSR count). The number of ether oxygens (including phenoxy) is 1. The van der Waals surface area contributed by atoms with Gasteiger partial charge in [-0.05, 0) is 50.8 Å². The molecule has 1 saturated heterocycles. The fourth-order valence-corrected chi connectivity index (χ4v) is 6.15. The summed E-state index contributed by atoms with van der Waals surface area (Å²) in [5, 5.41) is 9.95. The van der Waals surface area contributed by atoms with Crippen LogP contribution in [-0.4, -0.2) is 80.4 Å². The third kappa shape index (κ3) is 8.44. The van der Waals surface area contributed by atoms with Crippen molar-refractivity contribution < 1.29 is 19.1 Å². The maximum atomic E-state index is 12.9. The van der Waals surface area contributed by atoms with Crippen LogP contribution in [0.5, 0.6) is 0 Å². The first-order valence-corrected chi connectivity index (χ1v) is 15.8. The Bertz CT molecular complexity index is 1350. The zero-order valence-corrected chi connectivity index (χ0v) is 25.6. The zero-order chi connectivity index (χ0) is 29.9. The number of carbonyl (C=O) groups is 3. The van der Waals surface area contributed by atoms with E-state index in [4.69, 9.17) is 4.74 Å². The van der Waals surface area contributed by atoms with Crippen molar-refractivity contribution in [3.63, 3.8) is 0 Å². The van der Waals surface area contributed by atoms with Gasteiger partial charge in [-0.2, -0.15) is 0 Å². The van der Waals surface area contributed by atoms with E-state index in [0.29, 0.717) is 39.1 Å². The summed E-state index contributed by atoms with van der Waals surface area (Å²) in [5.74, 6) is 1.44. The number of aryl methyl sites for hydroxylation is 1. The lowest BCUT2D eigenvalue weighted by Gasteiger charge is -2.40. The Hall–Kier alpha value is -3.66. The number of hydrogen-bond acceptors (Lipinski definition) is 7. The molecular formula is C32H41N5O4S. The summed E-state index contributed by atoms with van der Waals surface area (Å²) >= 11 is 1.67. The molecule has 0 spiro atoms. The van der Waals surface area contributed by atoms with Gasteiger partial charge in [0.25, 0.3) is 0 Å². The van der Waals surface area contributed by atoms with Crippen molar-refractivity contribution in [1.82, 2.24) is 24.6 Å². The molecule has 10 heteroatoms. The van der Waals surface area contributed by atoms with E-state index in [1.165, 1.54) is 5.56 Å². The fourth-order valence-electron chi connectivity index (χ4n) is 5.18. The molecule has 1 unspecified atom stereocenters. The second kappa shape index (κ2) is 15.5. The molecule has 0 radical (unpaired) electrons. The van der Waals surface area contributed by atoms with Crippen LogP contribution in [0.3, 0.4) is 0 Å². The van der Waals surface area contributed by atoms with Gasteiger partial charge in [0.05, 0.1) is 18.7 Å². The van der Waals surface area contributed by atoms with E-state index in [2.05, 4.69) is 46.0 Å². The molecule has 2 amide bonds. The lowest BCUT2D eigenvalue weighted by Crippen LogP contribution is -2.55. The van der Waals surface area contributed by atoms with Gasteiger partial charge in [-0.15, -0.1) is 10.2 Å². The molecule has 3 aromatic rings. The van der Waals surface area contributed by atoms with E-state index in [9.17, 15) is 14.4 Å². The quantitative estimate of drug-likeness (QED) is 0.160. The van der Waals surface area contributed by atoms with E-state index >= 15 is 0 Å². The predicted molar refractivity (Wildman–Crippen MR) is 164 cm³/mol. The van der Waals surface area contributed by atoms with Crippen molar-refractivity contribution in [2.45, 2.75) is 70.5 Å². The van der Waals surface area contributed by atoms with Crippen LogP contribution in [0.15, 0.2) is 59.8 Å². The summed E-state index contributed by atoms with van der Waals surface area (Å²) < 4.78 is 7.08. The van der Waals surface area contributed by atoms with Crippen molar-refractivity contribution in [2.24, 2.45) is 0 Å². The molecule has 1 aliphatic heterocycles. The van der Waals surface area contributed by atoms with Crippen LogP contribution in [0, 0.1) is 6.92 Å². The number of piperazine rings is 1. The number of thioether (sulfide) groups is 1. The number of carbonyl (C=O) groups excluding carboxylic acids is 3. The summed E-state index contributed by atoms with van der Waals surface area (Å²) in [4.78, 5) is 40.7. The predicted octanol–water partition coefficient (Wildman–Crippen LogP) is 4.83. The van der Waals surface area contributed by atoms with E-state index in [-0.39, 0.29) is 36.7 Å². The fraction of sp³-hybridized carbons (Fsp3) is 0.469. The second-order valence-corrected chi connectivity index (χ2v) is 11.6. The van der Waals surface area contributed by atoms with E-state index in [0.717, 1.165) is 40.8 Å². The van der Waals surface area contributed by atoms with Crippen molar-refractivity contribution in [3.05, 3.63) is 71.5 Å². The number of unbranched alkanes of at least 4 members (excludes halogenated alkanes) is 1. The van der Waals surface area contributed by atoms with Crippen LogP contribution in [-0.2, 0) is 25.5 Å². The van der Waals surface area contributed by atoms with E-state index < -0.39 is 0 Å². The summed E-state index contributed by atoms with van der Waals surface area (Å²) in [7, 11) is 0. The third-order valence-electron chi connectivity index (χ3n) is 7.43. The van der Waals surface area contributed by atoms with Crippen LogP contribution < -0.4 is 0 Å². The molecule has 0 N–H and O–H groups in total. The van der Waals surface area contributed by atoms with Crippen LogP contribution in [0.4, 0.5) is 0 Å². The van der Waals surface area contributed by atoms with E-state index in [1.807, 2.05) is 42.2 Å². The molecule has 2 heterocycles. The smallest absolute Gasteiger partial charge is 0.306 e. The molecular weight excluding hydrogens is 550 g/mol. The van der Waals surface area contributed by atoms with E-state index in [1.54, 1.807) is 23.6 Å². The summed E-state index contributed by atoms with van der Waals surface area (Å²) in [6.07, 6.45) is 3.07. The van der Waals surface area contributed by atoms with Crippen LogP contribution in [0.2, 0.25) is 0 Å². The molecule has 9 nitrogen and oxygen atoms in total. The van der Waals surface area contributed by atoms with Gasteiger partial charge in [0.15, 0.2) is 5.16 Å². The summed E-state index contributed by atoms with van der Waals surface area (Å²) in [6.45, 7) is 7.64. The molecule has 0 aliphatic carbocycles. The monoisotopic (exact) mass is 591 g/mol. The van der Waals surface area contributed by atoms with Gasteiger partial charge in [-0.1, -0.05) is 60.3 Å². The first kappa shape index (κ1) is 31.3. The number of rotatable bonds is 13. The van der Waals surface area contributed by atoms with Crippen molar-refractivity contribution >= 4 is 29.5 Å². The van der Waals surface area contributed by atoms with Gasteiger partial charge < -0.3 is 14.5 Å². The number of benzene rings is 2. The summed E-state index contributed by atoms with van der Waals surface area (Å²) in [5.41, 5.74) is 3.43. The Labute approximate surface area is 252 Å². The second-order valence-electron chi connectivity index (χ2n) is 10.6.